The van der Waals surface area contributed by atoms with Crippen LogP contribution in [-0.2, 0) is 0 Å². The van der Waals surface area contributed by atoms with Crippen LogP contribution in [0.1, 0.15) is 0 Å². The van der Waals surface area contributed by atoms with Crippen LogP contribution in [0.25, 0.3) is 93.6 Å². The van der Waals surface area contributed by atoms with Gasteiger partial charge in [-0.25, -0.2) is 0 Å². The Morgan fingerprint density at radius 3 is 1.74 bits per heavy atom. The molecule has 2 heterocycles. The predicted molar refractivity (Wildman–Crippen MR) is 257 cm³/mol. The minimum absolute atomic E-state index is 0.859. The highest BCUT2D eigenvalue weighted by molar-refractivity contribution is 6.16. The third-order valence-electron chi connectivity index (χ3n) is 12.2. The van der Waals surface area contributed by atoms with Gasteiger partial charge in [0.1, 0.15) is 11.2 Å². The van der Waals surface area contributed by atoms with Gasteiger partial charge in [-0.1, -0.05) is 152 Å². The summed E-state index contributed by atoms with van der Waals surface area (Å²) in [5.41, 5.74) is 15.5. The van der Waals surface area contributed by atoms with Crippen molar-refractivity contribution in [1.82, 2.24) is 4.57 Å². The molecule has 0 bridgehead atoms. The molecule has 2 aromatic heterocycles. The van der Waals surface area contributed by atoms with Gasteiger partial charge in [0, 0.05) is 55.9 Å². The first-order valence-electron chi connectivity index (χ1n) is 20.8. The van der Waals surface area contributed by atoms with Crippen molar-refractivity contribution in [1.29, 1.82) is 0 Å². The van der Waals surface area contributed by atoms with E-state index in [9.17, 15) is 0 Å². The number of benzene rings is 10. The molecule has 0 amide bonds. The van der Waals surface area contributed by atoms with E-state index in [1.165, 1.54) is 60.4 Å². The molecule has 0 N–H and O–H groups in total. The van der Waals surface area contributed by atoms with Crippen LogP contribution in [0, 0.1) is 0 Å². The number of hydrogen-bond acceptors (Lipinski definition) is 2. The van der Waals surface area contributed by atoms with Crippen LogP contribution in [0.4, 0.5) is 17.1 Å². The van der Waals surface area contributed by atoms with Crippen molar-refractivity contribution in [3.63, 3.8) is 0 Å². The Bertz CT molecular complexity index is 3560. The van der Waals surface area contributed by atoms with Crippen LogP contribution in [0.15, 0.2) is 235 Å². The quantitative estimate of drug-likeness (QED) is 0.161. The number of nitrogens with zero attached hydrogens (tertiary/aromatic N) is 2. The van der Waals surface area contributed by atoms with Crippen LogP contribution in [0.3, 0.4) is 0 Å². The van der Waals surface area contributed by atoms with Crippen molar-refractivity contribution in [3.05, 3.63) is 231 Å². The van der Waals surface area contributed by atoms with Gasteiger partial charge in [0.25, 0.3) is 0 Å². The minimum atomic E-state index is 0.859. The molecule has 3 nitrogen and oxygen atoms in total. The monoisotopic (exact) mass is 778 g/mol. The maximum absolute atomic E-state index is 6.49. The summed E-state index contributed by atoms with van der Waals surface area (Å²) in [6.07, 6.45) is 0. The van der Waals surface area contributed by atoms with E-state index < -0.39 is 0 Å². The van der Waals surface area contributed by atoms with E-state index in [1.54, 1.807) is 0 Å². The second kappa shape index (κ2) is 14.3. The van der Waals surface area contributed by atoms with Crippen molar-refractivity contribution < 1.29 is 4.42 Å². The first kappa shape index (κ1) is 34.9. The molecule has 0 spiro atoms. The van der Waals surface area contributed by atoms with Crippen LogP contribution < -0.4 is 4.90 Å². The molecule has 61 heavy (non-hydrogen) atoms. The summed E-state index contributed by atoms with van der Waals surface area (Å²) in [4.78, 5) is 2.36. The van der Waals surface area contributed by atoms with E-state index in [0.717, 1.165) is 50.2 Å². The summed E-state index contributed by atoms with van der Waals surface area (Å²) in [6, 6.07) is 83.0. The van der Waals surface area contributed by atoms with Crippen molar-refractivity contribution in [2.24, 2.45) is 0 Å². The molecule has 0 fully saturated rings. The number of rotatable bonds is 7. The van der Waals surface area contributed by atoms with E-state index in [-0.39, 0.29) is 0 Å². The molecule has 0 saturated heterocycles. The Morgan fingerprint density at radius 2 is 0.934 bits per heavy atom. The van der Waals surface area contributed by atoms with Gasteiger partial charge in [0.15, 0.2) is 0 Å². The Hall–Kier alpha value is -8.14. The number of anilines is 3. The summed E-state index contributed by atoms with van der Waals surface area (Å²) in [5, 5.41) is 7.07. The van der Waals surface area contributed by atoms with Gasteiger partial charge in [0.05, 0.1) is 11.0 Å². The summed E-state index contributed by atoms with van der Waals surface area (Å²) in [5.74, 6) is 0. The fraction of sp³-hybridized carbons (Fsp3) is 0. The molecule has 286 valence electrons. The van der Waals surface area contributed by atoms with Crippen molar-refractivity contribution in [2.75, 3.05) is 4.90 Å². The van der Waals surface area contributed by atoms with Gasteiger partial charge in [-0.05, 0) is 111 Å². The van der Waals surface area contributed by atoms with E-state index in [1.807, 2.05) is 12.1 Å². The van der Waals surface area contributed by atoms with Crippen LogP contribution >= 0.6 is 0 Å². The Labute approximate surface area is 353 Å². The average Bonchev–Trinajstić information content (AvgIpc) is 3.87. The number of furan rings is 1. The third-order valence-corrected chi connectivity index (χ3v) is 12.2. The Morgan fingerprint density at radius 1 is 0.328 bits per heavy atom. The lowest BCUT2D eigenvalue weighted by Gasteiger charge is -2.26. The molecule has 3 heteroatoms. The lowest BCUT2D eigenvalue weighted by atomic mass is 9.95. The van der Waals surface area contributed by atoms with Crippen LogP contribution in [0.5, 0.6) is 0 Å². The van der Waals surface area contributed by atoms with E-state index in [2.05, 4.69) is 228 Å². The number of para-hydroxylation sites is 2. The third kappa shape index (κ3) is 5.90. The Balaban J connectivity index is 1.11. The van der Waals surface area contributed by atoms with Gasteiger partial charge in [-0.15, -0.1) is 0 Å². The maximum atomic E-state index is 6.49. The molecule has 0 aliphatic rings. The minimum Gasteiger partial charge on any atom is -0.456 e. The predicted octanol–water partition coefficient (Wildman–Crippen LogP) is 16.3. The molecule has 0 atom stereocenters. The first-order chi connectivity index (χ1) is 30.2. The van der Waals surface area contributed by atoms with E-state index >= 15 is 0 Å². The number of hydrogen-bond donors (Lipinski definition) is 0. The normalized spacial score (nSPS) is 11.6. The molecule has 0 aliphatic heterocycles. The zero-order valence-corrected chi connectivity index (χ0v) is 33.2. The SMILES string of the molecule is c1ccc(-c2cc(-c3ccccc3)c3c(c2)c2cc(N(c4ccc(-c5cccc6ccccc56)cc4)c4ccc5c(c4)oc4ccccc45)ccc2n3-c2ccccc2)cc1. The van der Waals surface area contributed by atoms with Crippen LogP contribution in [0.2, 0.25) is 0 Å². The molecule has 0 radical (unpaired) electrons. The molecule has 0 aliphatic carbocycles. The highest BCUT2D eigenvalue weighted by atomic mass is 16.3. The fourth-order valence-corrected chi connectivity index (χ4v) is 9.32. The van der Waals surface area contributed by atoms with Gasteiger partial charge in [0.2, 0.25) is 0 Å². The molecule has 12 rings (SSSR count). The summed E-state index contributed by atoms with van der Waals surface area (Å²) in [6.45, 7) is 0. The largest absolute Gasteiger partial charge is 0.456 e. The number of aromatic nitrogens is 1. The van der Waals surface area contributed by atoms with Gasteiger partial charge >= 0.3 is 0 Å². The van der Waals surface area contributed by atoms with Gasteiger partial charge < -0.3 is 13.9 Å². The van der Waals surface area contributed by atoms with Crippen molar-refractivity contribution >= 4 is 71.6 Å². The molecular formula is C58H38N2O. The molecule has 0 unspecified atom stereocenters. The van der Waals surface area contributed by atoms with Gasteiger partial charge in [-0.3, -0.25) is 0 Å². The first-order valence-corrected chi connectivity index (χ1v) is 20.8. The second-order valence-electron chi connectivity index (χ2n) is 15.7. The van der Waals surface area contributed by atoms with E-state index in [0.29, 0.717) is 0 Å². The second-order valence-corrected chi connectivity index (χ2v) is 15.7. The lowest BCUT2D eigenvalue weighted by Crippen LogP contribution is -2.09. The summed E-state index contributed by atoms with van der Waals surface area (Å²) < 4.78 is 8.93. The van der Waals surface area contributed by atoms with Gasteiger partial charge in [-0.2, -0.15) is 0 Å². The standard InChI is InChI=1S/C58H38N2O/c1-4-15-39(16-5-1)43-35-52(41-17-6-2-7-18-41)58-54(36-43)53-37-46(32-34-55(53)60(58)44-21-8-3-9-22-44)59(47-31-33-51-50-24-12-13-26-56(50)61-57(51)38-47)45-29-27-42(28-30-45)49-25-14-20-40-19-10-11-23-48(40)49/h1-38H. The highest BCUT2D eigenvalue weighted by Crippen LogP contribution is 2.45. The molecular weight excluding hydrogens is 741 g/mol. The molecule has 12 aromatic rings. The molecule has 0 saturated carbocycles. The topological polar surface area (TPSA) is 21.3 Å². The maximum Gasteiger partial charge on any atom is 0.137 e. The van der Waals surface area contributed by atoms with E-state index in [4.69, 9.17) is 4.42 Å². The highest BCUT2D eigenvalue weighted by Gasteiger charge is 2.22. The van der Waals surface area contributed by atoms with Crippen molar-refractivity contribution in [3.8, 4) is 39.1 Å². The van der Waals surface area contributed by atoms with Crippen LogP contribution in [-0.4, -0.2) is 4.57 Å². The lowest BCUT2D eigenvalue weighted by molar-refractivity contribution is 0.669. The fourth-order valence-electron chi connectivity index (χ4n) is 9.32. The summed E-state index contributed by atoms with van der Waals surface area (Å²) >= 11 is 0. The summed E-state index contributed by atoms with van der Waals surface area (Å²) in [7, 11) is 0. The zero-order chi connectivity index (χ0) is 40.3. The average molecular weight is 779 g/mol. The van der Waals surface area contributed by atoms with Crippen molar-refractivity contribution in [2.45, 2.75) is 0 Å². The smallest absolute Gasteiger partial charge is 0.137 e. The zero-order valence-electron chi connectivity index (χ0n) is 33.2. The number of fused-ring (bicyclic) bond motifs is 7. The molecule has 10 aromatic carbocycles. The Kier molecular flexibility index (Phi) is 8.17.